The van der Waals surface area contributed by atoms with Gasteiger partial charge in [0.15, 0.2) is 0 Å². The number of rotatable bonds is 12. The first-order valence-electron chi connectivity index (χ1n) is 15.0. The molecule has 0 unspecified atom stereocenters. The van der Waals surface area contributed by atoms with Crippen LogP contribution in [-0.2, 0) is 0 Å². The van der Waals surface area contributed by atoms with Crippen LogP contribution in [0.25, 0.3) is 40.0 Å². The van der Waals surface area contributed by atoms with Crippen LogP contribution in [0.2, 0.25) is 0 Å². The Balaban J connectivity index is 1.81. The Hall–Kier alpha value is -5.79. The minimum absolute atomic E-state index is 0.552. The first-order valence-corrected chi connectivity index (χ1v) is 15.0. The molecule has 0 spiro atoms. The van der Waals surface area contributed by atoms with E-state index in [0.29, 0.717) is 5.57 Å². The molecule has 0 saturated carbocycles. The quantitative estimate of drug-likeness (QED) is 0.0980. The summed E-state index contributed by atoms with van der Waals surface area (Å²) in [5.41, 5.74) is 22.9. The molecule has 0 aromatic heterocycles. The number of benzene rings is 4. The largest absolute Gasteiger partial charge is 0.405 e. The molecule has 0 aliphatic rings. The predicted octanol–water partition coefficient (Wildman–Crippen LogP) is 10.0. The molecule has 4 heteroatoms. The fourth-order valence-corrected chi connectivity index (χ4v) is 5.36. The topological polar surface area (TPSA) is 79.1 Å². The highest BCUT2D eigenvalue weighted by Gasteiger charge is 2.18. The molecule has 4 rings (SSSR count). The van der Waals surface area contributed by atoms with Gasteiger partial charge in [0.1, 0.15) is 0 Å². The highest BCUT2D eigenvalue weighted by atomic mass is 15.1. The van der Waals surface area contributed by atoms with E-state index in [-0.39, 0.29) is 0 Å². The van der Waals surface area contributed by atoms with Crippen LogP contribution >= 0.6 is 0 Å². The minimum atomic E-state index is 0.552. The van der Waals surface area contributed by atoms with E-state index in [9.17, 15) is 5.26 Å². The van der Waals surface area contributed by atoms with Crippen LogP contribution < -0.4 is 16.4 Å². The van der Waals surface area contributed by atoms with E-state index in [1.807, 2.05) is 43.4 Å². The van der Waals surface area contributed by atoms with Crippen molar-refractivity contribution < 1.29 is 0 Å². The summed E-state index contributed by atoms with van der Waals surface area (Å²) in [6.07, 6.45) is 18.2. The van der Waals surface area contributed by atoms with Crippen molar-refractivity contribution in [1.82, 2.24) is 0 Å². The van der Waals surface area contributed by atoms with E-state index in [2.05, 4.69) is 116 Å². The van der Waals surface area contributed by atoms with Gasteiger partial charge in [0.2, 0.25) is 0 Å². The maximum atomic E-state index is 9.21. The molecule has 0 amide bonds. The van der Waals surface area contributed by atoms with Gasteiger partial charge < -0.3 is 16.4 Å². The summed E-state index contributed by atoms with van der Waals surface area (Å²) in [6.45, 7) is 6.26. The van der Waals surface area contributed by atoms with Crippen molar-refractivity contribution in [3.8, 4) is 28.3 Å². The van der Waals surface area contributed by atoms with E-state index >= 15 is 0 Å². The van der Waals surface area contributed by atoms with E-state index in [1.54, 1.807) is 12.3 Å². The number of nitriles is 1. The van der Waals surface area contributed by atoms with Crippen molar-refractivity contribution in [1.29, 1.82) is 5.26 Å². The molecule has 0 aliphatic heterocycles. The number of anilines is 2. The van der Waals surface area contributed by atoms with Crippen LogP contribution in [0.5, 0.6) is 0 Å². The van der Waals surface area contributed by atoms with Crippen LogP contribution in [0.3, 0.4) is 0 Å². The van der Waals surface area contributed by atoms with Crippen molar-refractivity contribution in [2.45, 2.75) is 19.8 Å². The van der Waals surface area contributed by atoms with E-state index in [0.717, 1.165) is 63.2 Å². The van der Waals surface area contributed by atoms with E-state index in [1.165, 1.54) is 11.8 Å². The Bertz CT molecular complexity index is 1800. The van der Waals surface area contributed by atoms with Crippen LogP contribution in [0.15, 0.2) is 146 Å². The Kier molecular flexibility index (Phi) is 11.5. The molecule has 4 N–H and O–H groups in total. The molecular formula is C41H40N4. The Morgan fingerprint density at radius 1 is 0.844 bits per heavy atom. The second kappa shape index (κ2) is 16.2. The molecule has 0 aliphatic carbocycles. The van der Waals surface area contributed by atoms with Crippen molar-refractivity contribution in [3.63, 3.8) is 0 Å². The smallest absolute Gasteiger partial charge is 0.0988 e. The second-order valence-corrected chi connectivity index (χ2v) is 10.4. The average Bonchev–Trinajstić information content (AvgIpc) is 3.09. The van der Waals surface area contributed by atoms with Gasteiger partial charge in [-0.1, -0.05) is 116 Å². The first kappa shape index (κ1) is 32.1. The third-order valence-corrected chi connectivity index (χ3v) is 7.61. The van der Waals surface area contributed by atoms with Gasteiger partial charge in [0.25, 0.3) is 0 Å². The molecule has 4 aromatic rings. The molecule has 224 valence electrons. The summed E-state index contributed by atoms with van der Waals surface area (Å²) >= 11 is 0. The monoisotopic (exact) mass is 588 g/mol. The molecule has 0 saturated heterocycles. The summed E-state index contributed by atoms with van der Waals surface area (Å²) in [5.74, 6) is 0. The lowest BCUT2D eigenvalue weighted by atomic mass is 9.87. The number of hydrogen-bond donors (Lipinski definition) is 2. The summed E-state index contributed by atoms with van der Waals surface area (Å²) in [7, 11) is 2.11. The van der Waals surface area contributed by atoms with Gasteiger partial charge in [-0.25, -0.2) is 0 Å². The Morgan fingerprint density at radius 2 is 1.56 bits per heavy atom. The lowest BCUT2D eigenvalue weighted by molar-refractivity contribution is 1.05. The summed E-state index contributed by atoms with van der Waals surface area (Å²) in [4.78, 5) is 2.24. The first-order chi connectivity index (χ1) is 22.1. The highest BCUT2D eigenvalue weighted by Crippen LogP contribution is 2.41. The molecular weight excluding hydrogens is 548 g/mol. The maximum absolute atomic E-state index is 9.21. The SMILES string of the molecule is C=Cc1c(-c2ccc(-c3ccccc3)cc2N(C)c2ccccc2)ccc(C(/C=C\CC/C=C(C#N)\C=C/N)=C/N)c1/C=C\C. The fraction of sp³-hybridized carbons (Fsp3) is 0.0976. The lowest BCUT2D eigenvalue weighted by Crippen LogP contribution is -2.11. The summed E-state index contributed by atoms with van der Waals surface area (Å²) < 4.78 is 0. The zero-order valence-electron chi connectivity index (χ0n) is 26.0. The number of para-hydroxylation sites is 1. The second-order valence-electron chi connectivity index (χ2n) is 10.4. The molecule has 4 nitrogen and oxygen atoms in total. The predicted molar refractivity (Wildman–Crippen MR) is 194 cm³/mol. The highest BCUT2D eigenvalue weighted by molar-refractivity contribution is 5.94. The molecule has 0 bridgehead atoms. The van der Waals surface area contributed by atoms with E-state index in [4.69, 9.17) is 11.5 Å². The fourth-order valence-electron chi connectivity index (χ4n) is 5.36. The molecule has 0 fully saturated rings. The van der Waals surface area contributed by atoms with E-state index < -0.39 is 0 Å². The van der Waals surface area contributed by atoms with Gasteiger partial charge in [-0.3, -0.25) is 0 Å². The van der Waals surface area contributed by atoms with Gasteiger partial charge in [0, 0.05) is 35.8 Å². The summed E-state index contributed by atoms with van der Waals surface area (Å²) in [5, 5.41) is 9.21. The van der Waals surface area contributed by atoms with Gasteiger partial charge in [-0.15, -0.1) is 0 Å². The number of nitrogens with two attached hydrogens (primary N) is 2. The van der Waals surface area contributed by atoms with Crippen molar-refractivity contribution in [2.75, 3.05) is 11.9 Å². The Morgan fingerprint density at radius 3 is 2.20 bits per heavy atom. The van der Waals surface area contributed by atoms with Gasteiger partial charge in [-0.05, 0) is 89.2 Å². The van der Waals surface area contributed by atoms with Crippen molar-refractivity contribution in [3.05, 3.63) is 163 Å². The number of nitrogens with zero attached hydrogens (tertiary/aromatic N) is 2. The average molecular weight is 589 g/mol. The molecule has 4 aromatic carbocycles. The van der Waals surface area contributed by atoms with Crippen LogP contribution in [0.4, 0.5) is 11.4 Å². The van der Waals surface area contributed by atoms with Crippen LogP contribution in [-0.4, -0.2) is 7.05 Å². The van der Waals surface area contributed by atoms with Gasteiger partial charge in [0.05, 0.1) is 6.07 Å². The normalized spacial score (nSPS) is 12.2. The number of allylic oxidation sites excluding steroid dienone is 7. The van der Waals surface area contributed by atoms with Crippen molar-refractivity contribution in [2.24, 2.45) is 11.5 Å². The standard InChI is InChI=1S/C41H40N4/c1-4-15-38-36(5-2)39(25-24-37(38)34(30-44)19-12-6-9-16-31(29-43)26-27-42)40-23-22-33(32-17-10-7-11-18-32)28-41(40)45(3)35-20-13-8-14-21-35/h4-5,7-8,10-28,30H,2,6,9,42,44H2,1,3H3/b15-4-,19-12-,27-26-,31-16+,34-30+. The molecule has 45 heavy (non-hydrogen) atoms. The van der Waals surface area contributed by atoms with Crippen LogP contribution in [0, 0.1) is 11.3 Å². The van der Waals surface area contributed by atoms with Crippen molar-refractivity contribution >= 4 is 29.1 Å². The Labute approximate surface area is 268 Å². The third-order valence-electron chi connectivity index (χ3n) is 7.61. The molecule has 0 atom stereocenters. The third kappa shape index (κ3) is 7.79. The molecule has 0 radical (unpaired) electrons. The minimum Gasteiger partial charge on any atom is -0.405 e. The molecule has 0 heterocycles. The van der Waals surface area contributed by atoms with Gasteiger partial charge >= 0.3 is 0 Å². The summed E-state index contributed by atoms with van der Waals surface area (Å²) in [6, 6.07) is 34.0. The number of hydrogen-bond acceptors (Lipinski definition) is 4. The van der Waals surface area contributed by atoms with Gasteiger partial charge in [-0.2, -0.15) is 5.26 Å². The zero-order valence-corrected chi connectivity index (χ0v) is 26.0. The number of unbranched alkanes of at least 4 members (excludes halogenated alkanes) is 1. The lowest BCUT2D eigenvalue weighted by Gasteiger charge is -2.25. The maximum Gasteiger partial charge on any atom is 0.0988 e. The zero-order chi connectivity index (χ0) is 32.0. The van der Waals surface area contributed by atoms with Crippen LogP contribution in [0.1, 0.15) is 36.5 Å².